The van der Waals surface area contributed by atoms with Crippen molar-refractivity contribution in [2.24, 2.45) is 5.84 Å². The molecular weight excluding hydrogens is 251 g/mol. The third kappa shape index (κ3) is 2.53. The van der Waals surface area contributed by atoms with Gasteiger partial charge in [0, 0.05) is 5.02 Å². The normalized spacial score (nSPS) is 12.4. The zero-order valence-corrected chi connectivity index (χ0v) is 10.7. The number of rotatable bonds is 3. The molecule has 0 radical (unpaired) electrons. The molecule has 0 aliphatic carbocycles. The highest BCUT2D eigenvalue weighted by Gasteiger charge is 2.16. The molecule has 2 aromatic rings. The van der Waals surface area contributed by atoms with E-state index in [9.17, 15) is 4.39 Å². The largest absolute Gasteiger partial charge is 0.271 e. The summed E-state index contributed by atoms with van der Waals surface area (Å²) in [5.74, 6) is 5.28. The summed E-state index contributed by atoms with van der Waals surface area (Å²) in [5.41, 5.74) is 5.22. The molecule has 0 heterocycles. The van der Waals surface area contributed by atoms with Crippen molar-refractivity contribution in [1.29, 1.82) is 0 Å². The van der Waals surface area contributed by atoms with E-state index in [4.69, 9.17) is 17.4 Å². The Balaban J connectivity index is 2.49. The van der Waals surface area contributed by atoms with Gasteiger partial charge in [0.2, 0.25) is 0 Å². The summed E-state index contributed by atoms with van der Waals surface area (Å²) >= 11 is 6.27. The smallest absolute Gasteiger partial charge is 0.123 e. The van der Waals surface area contributed by atoms with Crippen LogP contribution in [0, 0.1) is 12.7 Å². The van der Waals surface area contributed by atoms with Crippen LogP contribution >= 0.6 is 11.6 Å². The number of hydrogen-bond acceptors (Lipinski definition) is 2. The molecule has 0 saturated heterocycles. The standard InChI is InChI=1S/C14H14ClFN2/c1-9-4-2-7-12(13(9)15)14(18-17)10-5-3-6-11(16)8-10/h2-8,14,18H,17H2,1H3. The first kappa shape index (κ1) is 13.0. The Hall–Kier alpha value is -1.42. The van der Waals surface area contributed by atoms with Crippen molar-refractivity contribution < 1.29 is 4.39 Å². The highest BCUT2D eigenvalue weighted by molar-refractivity contribution is 6.32. The van der Waals surface area contributed by atoms with Crippen LogP contribution < -0.4 is 11.3 Å². The number of nitrogens with one attached hydrogen (secondary N) is 1. The lowest BCUT2D eigenvalue weighted by molar-refractivity contribution is 0.605. The SMILES string of the molecule is Cc1cccc(C(NN)c2cccc(F)c2)c1Cl. The molecule has 4 heteroatoms. The molecule has 0 amide bonds. The number of nitrogens with two attached hydrogens (primary N) is 1. The minimum Gasteiger partial charge on any atom is -0.271 e. The molecule has 2 rings (SSSR count). The minimum atomic E-state index is -0.326. The van der Waals surface area contributed by atoms with E-state index < -0.39 is 0 Å². The summed E-state index contributed by atoms with van der Waals surface area (Å²) in [4.78, 5) is 0. The Morgan fingerprint density at radius 2 is 1.94 bits per heavy atom. The van der Waals surface area contributed by atoms with Gasteiger partial charge < -0.3 is 0 Å². The van der Waals surface area contributed by atoms with Crippen molar-refractivity contribution in [3.8, 4) is 0 Å². The Morgan fingerprint density at radius 3 is 2.61 bits per heavy atom. The molecule has 18 heavy (non-hydrogen) atoms. The van der Waals surface area contributed by atoms with E-state index in [1.807, 2.05) is 31.2 Å². The second-order valence-electron chi connectivity index (χ2n) is 4.13. The van der Waals surface area contributed by atoms with Crippen molar-refractivity contribution in [1.82, 2.24) is 5.43 Å². The molecule has 0 bridgehead atoms. The van der Waals surface area contributed by atoms with Gasteiger partial charge in [-0.05, 0) is 35.7 Å². The maximum atomic E-state index is 13.3. The van der Waals surface area contributed by atoms with E-state index in [1.54, 1.807) is 6.07 Å². The zero-order chi connectivity index (χ0) is 13.1. The summed E-state index contributed by atoms with van der Waals surface area (Å²) in [6.45, 7) is 1.92. The van der Waals surface area contributed by atoms with Crippen LogP contribution in [-0.4, -0.2) is 0 Å². The average molecular weight is 265 g/mol. The van der Waals surface area contributed by atoms with Gasteiger partial charge in [-0.3, -0.25) is 5.84 Å². The molecule has 1 unspecified atom stereocenters. The molecule has 2 nitrogen and oxygen atoms in total. The van der Waals surface area contributed by atoms with Crippen molar-refractivity contribution in [3.05, 3.63) is 70.0 Å². The third-order valence-corrected chi connectivity index (χ3v) is 3.40. The Kier molecular flexibility index (Phi) is 3.97. The lowest BCUT2D eigenvalue weighted by Gasteiger charge is -2.19. The number of benzene rings is 2. The van der Waals surface area contributed by atoms with Gasteiger partial charge in [0.05, 0.1) is 6.04 Å². The van der Waals surface area contributed by atoms with Crippen LogP contribution in [0.3, 0.4) is 0 Å². The zero-order valence-electron chi connectivity index (χ0n) is 9.95. The van der Waals surface area contributed by atoms with Crippen LogP contribution in [-0.2, 0) is 0 Å². The number of halogens is 2. The maximum absolute atomic E-state index is 13.3. The Bertz CT molecular complexity index is 557. The molecule has 3 N–H and O–H groups in total. The predicted octanol–water partition coefficient (Wildman–Crippen LogP) is 3.34. The molecule has 0 aliphatic rings. The van der Waals surface area contributed by atoms with Gasteiger partial charge in [0.1, 0.15) is 5.82 Å². The lowest BCUT2D eigenvalue weighted by Crippen LogP contribution is -2.29. The summed E-state index contributed by atoms with van der Waals surface area (Å²) < 4.78 is 13.3. The van der Waals surface area contributed by atoms with Gasteiger partial charge in [-0.15, -0.1) is 0 Å². The fraction of sp³-hybridized carbons (Fsp3) is 0.143. The van der Waals surface area contributed by atoms with E-state index in [2.05, 4.69) is 5.43 Å². The van der Waals surface area contributed by atoms with E-state index >= 15 is 0 Å². The van der Waals surface area contributed by atoms with Crippen molar-refractivity contribution in [2.45, 2.75) is 13.0 Å². The maximum Gasteiger partial charge on any atom is 0.123 e. The van der Waals surface area contributed by atoms with Gasteiger partial charge in [-0.25, -0.2) is 9.82 Å². The third-order valence-electron chi connectivity index (χ3n) is 2.88. The summed E-state index contributed by atoms with van der Waals surface area (Å²) in [6, 6.07) is 11.7. The molecule has 0 saturated carbocycles. The first-order chi connectivity index (χ1) is 8.63. The second kappa shape index (κ2) is 5.48. The van der Waals surface area contributed by atoms with Crippen LogP contribution in [0.5, 0.6) is 0 Å². The number of hydrogen-bond donors (Lipinski definition) is 2. The van der Waals surface area contributed by atoms with Gasteiger partial charge in [-0.2, -0.15) is 0 Å². The predicted molar refractivity (Wildman–Crippen MR) is 71.8 cm³/mol. The lowest BCUT2D eigenvalue weighted by atomic mass is 9.97. The molecule has 0 spiro atoms. The van der Waals surface area contributed by atoms with E-state index in [-0.39, 0.29) is 11.9 Å². The van der Waals surface area contributed by atoms with Crippen molar-refractivity contribution in [3.63, 3.8) is 0 Å². The first-order valence-corrected chi connectivity index (χ1v) is 5.98. The van der Waals surface area contributed by atoms with Gasteiger partial charge in [0.15, 0.2) is 0 Å². The molecule has 1 atom stereocenters. The Morgan fingerprint density at radius 1 is 1.22 bits per heavy atom. The van der Waals surface area contributed by atoms with E-state index in [0.29, 0.717) is 5.02 Å². The topological polar surface area (TPSA) is 38.0 Å². The fourth-order valence-corrected chi connectivity index (χ4v) is 2.18. The summed E-state index contributed by atoms with van der Waals surface area (Å²) in [5, 5.41) is 0.643. The first-order valence-electron chi connectivity index (χ1n) is 5.60. The molecule has 0 fully saturated rings. The van der Waals surface area contributed by atoms with Crippen molar-refractivity contribution >= 4 is 11.6 Å². The number of aryl methyl sites for hydroxylation is 1. The van der Waals surface area contributed by atoms with E-state index in [0.717, 1.165) is 16.7 Å². The number of hydrazine groups is 1. The molecule has 94 valence electrons. The van der Waals surface area contributed by atoms with Crippen LogP contribution in [0.15, 0.2) is 42.5 Å². The van der Waals surface area contributed by atoms with Gasteiger partial charge in [0.25, 0.3) is 0 Å². The molecule has 0 aromatic heterocycles. The highest BCUT2D eigenvalue weighted by Crippen LogP contribution is 2.30. The molecular formula is C14H14ClFN2. The quantitative estimate of drug-likeness (QED) is 0.659. The van der Waals surface area contributed by atoms with Gasteiger partial charge in [-0.1, -0.05) is 41.9 Å². The molecule has 2 aromatic carbocycles. The Labute approximate surface area is 111 Å². The van der Waals surface area contributed by atoms with Crippen LogP contribution in [0.4, 0.5) is 4.39 Å². The highest BCUT2D eigenvalue weighted by atomic mass is 35.5. The van der Waals surface area contributed by atoms with Crippen molar-refractivity contribution in [2.75, 3.05) is 0 Å². The van der Waals surface area contributed by atoms with Crippen LogP contribution in [0.25, 0.3) is 0 Å². The van der Waals surface area contributed by atoms with Crippen LogP contribution in [0.1, 0.15) is 22.7 Å². The molecule has 0 aliphatic heterocycles. The monoisotopic (exact) mass is 264 g/mol. The summed E-state index contributed by atoms with van der Waals surface area (Å²) in [6.07, 6.45) is 0. The average Bonchev–Trinajstić information content (AvgIpc) is 2.35. The summed E-state index contributed by atoms with van der Waals surface area (Å²) in [7, 11) is 0. The fourth-order valence-electron chi connectivity index (χ4n) is 1.94. The van der Waals surface area contributed by atoms with E-state index in [1.165, 1.54) is 12.1 Å². The van der Waals surface area contributed by atoms with Crippen LogP contribution in [0.2, 0.25) is 5.02 Å². The second-order valence-corrected chi connectivity index (χ2v) is 4.51. The van der Waals surface area contributed by atoms with Gasteiger partial charge >= 0.3 is 0 Å². The minimum absolute atomic E-state index is 0.295.